The van der Waals surface area contributed by atoms with E-state index in [4.69, 9.17) is 11.6 Å². The maximum absolute atomic E-state index is 5.87. The van der Waals surface area contributed by atoms with Crippen molar-refractivity contribution in [3.63, 3.8) is 0 Å². The Morgan fingerprint density at radius 3 is 2.87 bits per heavy atom. The lowest BCUT2D eigenvalue weighted by molar-refractivity contribution is 1.14. The fraction of sp³-hybridized carbons (Fsp3) is 0.0909. The Hall–Kier alpha value is -0.510. The van der Waals surface area contributed by atoms with Crippen LogP contribution in [0.5, 0.6) is 0 Å². The Kier molecular flexibility index (Phi) is 3.67. The molecule has 0 saturated carbocycles. The van der Waals surface area contributed by atoms with Gasteiger partial charge in [-0.25, -0.2) is 0 Å². The van der Waals surface area contributed by atoms with Crippen LogP contribution in [0.2, 0.25) is 5.02 Å². The van der Waals surface area contributed by atoms with Gasteiger partial charge >= 0.3 is 0 Å². The Bertz CT molecular complexity index is 442. The highest BCUT2D eigenvalue weighted by Gasteiger charge is 2.00. The second-order valence-corrected chi connectivity index (χ2v) is 5.17. The molecule has 1 aromatic carbocycles. The van der Waals surface area contributed by atoms with Gasteiger partial charge in [-0.2, -0.15) is 11.3 Å². The molecule has 0 aliphatic carbocycles. The second kappa shape index (κ2) is 5.01. The summed E-state index contributed by atoms with van der Waals surface area (Å²) in [5.74, 6) is 0. The Morgan fingerprint density at radius 2 is 2.20 bits per heavy atom. The molecular formula is C11H9BrClNS. The molecule has 0 saturated heterocycles. The van der Waals surface area contributed by atoms with Gasteiger partial charge in [-0.05, 0) is 29.1 Å². The molecule has 0 atom stereocenters. The first-order valence-corrected chi connectivity index (χ1v) is 6.57. The molecule has 0 amide bonds. The van der Waals surface area contributed by atoms with Crippen LogP contribution in [0.3, 0.4) is 0 Å². The van der Waals surface area contributed by atoms with Crippen LogP contribution in [0, 0.1) is 0 Å². The standard InChI is InChI=1S/C11H9BrClNS/c12-11-5-9(13)2-1-8(11)6-14-10-3-4-15-7-10/h1-5,7,14H,6H2. The zero-order valence-electron chi connectivity index (χ0n) is 7.84. The molecular weight excluding hydrogens is 294 g/mol. The molecule has 1 nitrogen and oxygen atoms in total. The average Bonchev–Trinajstić information content (AvgIpc) is 2.69. The van der Waals surface area contributed by atoms with E-state index in [1.807, 2.05) is 18.2 Å². The number of hydrogen-bond donors (Lipinski definition) is 1. The van der Waals surface area contributed by atoms with E-state index in [-0.39, 0.29) is 0 Å². The van der Waals surface area contributed by atoms with Crippen molar-refractivity contribution in [1.82, 2.24) is 0 Å². The monoisotopic (exact) mass is 301 g/mol. The minimum atomic E-state index is 0.751. The average molecular weight is 303 g/mol. The summed E-state index contributed by atoms with van der Waals surface area (Å²) in [6.07, 6.45) is 0. The highest BCUT2D eigenvalue weighted by Crippen LogP contribution is 2.22. The van der Waals surface area contributed by atoms with E-state index >= 15 is 0 Å². The van der Waals surface area contributed by atoms with Crippen molar-refractivity contribution in [3.05, 3.63) is 50.1 Å². The first-order valence-electron chi connectivity index (χ1n) is 4.46. The van der Waals surface area contributed by atoms with Crippen LogP contribution >= 0.6 is 38.9 Å². The number of hydrogen-bond acceptors (Lipinski definition) is 2. The van der Waals surface area contributed by atoms with Crippen LogP contribution in [0.1, 0.15) is 5.56 Å². The Morgan fingerprint density at radius 1 is 1.33 bits per heavy atom. The van der Waals surface area contributed by atoms with Crippen LogP contribution in [0.4, 0.5) is 5.69 Å². The normalized spacial score (nSPS) is 10.3. The van der Waals surface area contributed by atoms with Crippen LogP contribution < -0.4 is 5.32 Å². The largest absolute Gasteiger partial charge is 0.380 e. The lowest BCUT2D eigenvalue weighted by Crippen LogP contribution is -1.98. The zero-order valence-corrected chi connectivity index (χ0v) is 11.0. The molecule has 0 bridgehead atoms. The minimum absolute atomic E-state index is 0.751. The maximum Gasteiger partial charge on any atom is 0.0451 e. The molecule has 1 heterocycles. The van der Waals surface area contributed by atoms with E-state index < -0.39 is 0 Å². The highest BCUT2D eigenvalue weighted by molar-refractivity contribution is 9.10. The number of anilines is 1. The lowest BCUT2D eigenvalue weighted by Gasteiger charge is -2.06. The quantitative estimate of drug-likeness (QED) is 0.860. The highest BCUT2D eigenvalue weighted by atomic mass is 79.9. The van der Waals surface area contributed by atoms with Crippen molar-refractivity contribution >= 4 is 44.6 Å². The van der Waals surface area contributed by atoms with Crippen molar-refractivity contribution in [3.8, 4) is 0 Å². The van der Waals surface area contributed by atoms with Gasteiger partial charge in [0, 0.05) is 27.1 Å². The van der Waals surface area contributed by atoms with Gasteiger partial charge in [-0.1, -0.05) is 33.6 Å². The summed E-state index contributed by atoms with van der Waals surface area (Å²) < 4.78 is 1.04. The number of thiophene rings is 1. The van der Waals surface area contributed by atoms with Gasteiger partial charge in [0.1, 0.15) is 0 Å². The lowest BCUT2D eigenvalue weighted by atomic mass is 10.2. The van der Waals surface area contributed by atoms with E-state index in [1.54, 1.807) is 11.3 Å². The van der Waals surface area contributed by atoms with Gasteiger partial charge in [0.05, 0.1) is 0 Å². The third-order valence-corrected chi connectivity index (χ3v) is 3.68. The first kappa shape index (κ1) is 11.0. The molecule has 0 unspecified atom stereocenters. The van der Waals surface area contributed by atoms with Crippen LogP contribution in [0.25, 0.3) is 0 Å². The van der Waals surface area contributed by atoms with Gasteiger partial charge in [0.25, 0.3) is 0 Å². The van der Waals surface area contributed by atoms with E-state index in [0.717, 1.165) is 21.7 Å². The fourth-order valence-corrected chi connectivity index (χ4v) is 2.66. The van der Waals surface area contributed by atoms with E-state index in [1.165, 1.54) is 5.56 Å². The third-order valence-electron chi connectivity index (χ3n) is 2.02. The number of nitrogens with one attached hydrogen (secondary N) is 1. The van der Waals surface area contributed by atoms with Crippen molar-refractivity contribution in [2.24, 2.45) is 0 Å². The summed E-state index contributed by atoms with van der Waals surface area (Å²) in [6, 6.07) is 7.89. The summed E-state index contributed by atoms with van der Waals surface area (Å²) in [5.41, 5.74) is 2.35. The molecule has 0 aliphatic heterocycles. The summed E-state index contributed by atoms with van der Waals surface area (Å²) in [7, 11) is 0. The smallest absolute Gasteiger partial charge is 0.0451 e. The van der Waals surface area contributed by atoms with Crippen LogP contribution in [-0.2, 0) is 6.54 Å². The van der Waals surface area contributed by atoms with E-state index in [9.17, 15) is 0 Å². The predicted molar refractivity (Wildman–Crippen MR) is 70.8 cm³/mol. The SMILES string of the molecule is Clc1ccc(CNc2ccsc2)c(Br)c1. The predicted octanol–water partition coefficient (Wildman–Crippen LogP) is 4.78. The molecule has 0 fully saturated rings. The third kappa shape index (κ3) is 2.97. The van der Waals surface area contributed by atoms with Crippen molar-refractivity contribution in [2.75, 3.05) is 5.32 Å². The number of halogens is 2. The maximum atomic E-state index is 5.87. The molecule has 2 aromatic rings. The number of benzene rings is 1. The van der Waals surface area contributed by atoms with Gasteiger partial charge in [-0.15, -0.1) is 0 Å². The Balaban J connectivity index is 2.05. The molecule has 78 valence electrons. The molecule has 15 heavy (non-hydrogen) atoms. The van der Waals surface area contributed by atoms with Crippen LogP contribution in [-0.4, -0.2) is 0 Å². The van der Waals surface area contributed by atoms with Gasteiger partial charge in [0.2, 0.25) is 0 Å². The summed E-state index contributed by atoms with van der Waals surface area (Å²) in [5, 5.41) is 8.23. The second-order valence-electron chi connectivity index (χ2n) is 3.10. The van der Waals surface area contributed by atoms with E-state index in [0.29, 0.717) is 0 Å². The molecule has 2 rings (SSSR count). The van der Waals surface area contributed by atoms with Crippen LogP contribution in [0.15, 0.2) is 39.5 Å². The van der Waals surface area contributed by atoms with Gasteiger partial charge in [0.15, 0.2) is 0 Å². The van der Waals surface area contributed by atoms with Crippen molar-refractivity contribution < 1.29 is 0 Å². The topological polar surface area (TPSA) is 12.0 Å². The zero-order chi connectivity index (χ0) is 10.7. The molecule has 1 aromatic heterocycles. The molecule has 0 spiro atoms. The summed E-state index contributed by atoms with van der Waals surface area (Å²) >= 11 is 11.0. The molecule has 0 radical (unpaired) electrons. The Labute approximate surface area is 106 Å². The molecule has 4 heteroatoms. The minimum Gasteiger partial charge on any atom is -0.380 e. The first-order chi connectivity index (χ1) is 7.25. The van der Waals surface area contributed by atoms with Gasteiger partial charge in [-0.3, -0.25) is 0 Å². The molecule has 0 aliphatic rings. The van der Waals surface area contributed by atoms with Gasteiger partial charge < -0.3 is 5.32 Å². The number of rotatable bonds is 3. The summed E-state index contributed by atoms with van der Waals surface area (Å²) in [4.78, 5) is 0. The van der Waals surface area contributed by atoms with Crippen molar-refractivity contribution in [2.45, 2.75) is 6.54 Å². The fourth-order valence-electron chi connectivity index (χ4n) is 1.23. The summed E-state index contributed by atoms with van der Waals surface area (Å²) in [6.45, 7) is 0.800. The van der Waals surface area contributed by atoms with Crippen molar-refractivity contribution in [1.29, 1.82) is 0 Å². The van der Waals surface area contributed by atoms with E-state index in [2.05, 4.69) is 38.1 Å². The molecule has 1 N–H and O–H groups in total.